The van der Waals surface area contributed by atoms with Gasteiger partial charge in [-0.05, 0) is 25.1 Å². The van der Waals surface area contributed by atoms with Crippen LogP contribution in [0.4, 0.5) is 9.52 Å². The van der Waals surface area contributed by atoms with Gasteiger partial charge in [0.1, 0.15) is 18.2 Å². The average Bonchev–Trinajstić information content (AvgIpc) is 3.00. The Balaban J connectivity index is 1.67. The van der Waals surface area contributed by atoms with Crippen molar-refractivity contribution in [3.63, 3.8) is 0 Å². The molecule has 1 aromatic heterocycles. The van der Waals surface area contributed by atoms with Gasteiger partial charge in [-0.1, -0.05) is 30.3 Å². The lowest BCUT2D eigenvalue weighted by molar-refractivity contribution is 0.299. The quantitative estimate of drug-likeness (QED) is 0.526. The zero-order valence-electron chi connectivity index (χ0n) is 13.1. The third-order valence-corrected chi connectivity index (χ3v) is 4.11. The van der Waals surface area contributed by atoms with E-state index in [1.54, 1.807) is 24.4 Å². The van der Waals surface area contributed by atoms with Crippen molar-refractivity contribution in [2.45, 2.75) is 13.5 Å². The number of aryl methyl sites for hydroxylation is 1. The van der Waals surface area contributed by atoms with Gasteiger partial charge in [0.25, 0.3) is 0 Å². The summed E-state index contributed by atoms with van der Waals surface area (Å²) in [5, 5.41) is 6.86. The van der Waals surface area contributed by atoms with E-state index in [1.807, 2.05) is 36.6 Å². The van der Waals surface area contributed by atoms with Gasteiger partial charge >= 0.3 is 0 Å². The summed E-state index contributed by atoms with van der Waals surface area (Å²) in [6.45, 7) is 2.09. The Morgan fingerprint density at radius 1 is 1.21 bits per heavy atom. The van der Waals surface area contributed by atoms with E-state index in [4.69, 9.17) is 4.74 Å². The molecule has 0 saturated carbocycles. The first-order valence-electron chi connectivity index (χ1n) is 7.39. The molecule has 0 amide bonds. The number of halogens is 1. The fraction of sp³-hybridized carbons (Fsp3) is 0.111. The van der Waals surface area contributed by atoms with Crippen LogP contribution >= 0.6 is 11.3 Å². The normalized spacial score (nSPS) is 10.9. The fourth-order valence-corrected chi connectivity index (χ4v) is 2.69. The first kappa shape index (κ1) is 16.1. The lowest BCUT2D eigenvalue weighted by atomic mass is 10.2. The van der Waals surface area contributed by atoms with Gasteiger partial charge in [-0.3, -0.25) is 5.43 Å². The molecule has 0 bridgehead atoms. The predicted octanol–water partition coefficient (Wildman–Crippen LogP) is 4.62. The van der Waals surface area contributed by atoms with Crippen LogP contribution in [-0.4, -0.2) is 11.2 Å². The molecule has 2 aromatic carbocycles. The number of rotatable bonds is 6. The molecule has 0 aliphatic heterocycles. The minimum Gasteiger partial charge on any atom is -0.488 e. The third kappa shape index (κ3) is 4.17. The molecule has 24 heavy (non-hydrogen) atoms. The predicted molar refractivity (Wildman–Crippen MR) is 95.2 cm³/mol. The minimum absolute atomic E-state index is 0.163. The smallest absolute Gasteiger partial charge is 0.203 e. The maximum Gasteiger partial charge on any atom is 0.203 e. The maximum atomic E-state index is 13.7. The molecule has 6 heteroatoms. The number of nitrogens with zero attached hydrogens (tertiary/aromatic N) is 2. The molecule has 0 unspecified atom stereocenters. The number of ether oxygens (including phenoxy) is 1. The highest BCUT2D eigenvalue weighted by Crippen LogP contribution is 2.19. The van der Waals surface area contributed by atoms with E-state index in [2.05, 4.69) is 15.5 Å². The number of benzene rings is 2. The zero-order chi connectivity index (χ0) is 16.8. The summed E-state index contributed by atoms with van der Waals surface area (Å²) in [4.78, 5) is 4.27. The lowest BCUT2D eigenvalue weighted by Crippen LogP contribution is -2.01. The summed E-state index contributed by atoms with van der Waals surface area (Å²) in [5.74, 6) is 0.367. The largest absolute Gasteiger partial charge is 0.488 e. The topological polar surface area (TPSA) is 46.5 Å². The highest BCUT2D eigenvalue weighted by molar-refractivity contribution is 7.13. The highest BCUT2D eigenvalue weighted by atomic mass is 32.1. The van der Waals surface area contributed by atoms with Crippen molar-refractivity contribution >= 4 is 22.7 Å². The Bertz CT molecular complexity index is 848. The first-order valence-corrected chi connectivity index (χ1v) is 8.27. The van der Waals surface area contributed by atoms with Crippen LogP contribution in [-0.2, 0) is 6.61 Å². The van der Waals surface area contributed by atoms with Gasteiger partial charge in [0, 0.05) is 16.5 Å². The molecule has 0 aliphatic carbocycles. The van der Waals surface area contributed by atoms with Crippen molar-refractivity contribution in [2.24, 2.45) is 5.10 Å². The molecule has 0 saturated heterocycles. The molecule has 3 rings (SSSR count). The van der Waals surface area contributed by atoms with Crippen LogP contribution in [0.15, 0.2) is 59.0 Å². The van der Waals surface area contributed by atoms with Crippen molar-refractivity contribution in [1.29, 1.82) is 0 Å². The minimum atomic E-state index is -0.274. The van der Waals surface area contributed by atoms with Gasteiger partial charge in [-0.2, -0.15) is 5.10 Å². The van der Waals surface area contributed by atoms with Gasteiger partial charge in [-0.15, -0.1) is 11.3 Å². The Morgan fingerprint density at radius 3 is 2.79 bits per heavy atom. The molecule has 3 aromatic rings. The van der Waals surface area contributed by atoms with Crippen LogP contribution in [0.5, 0.6) is 5.75 Å². The summed E-state index contributed by atoms with van der Waals surface area (Å²) >= 11 is 1.49. The van der Waals surface area contributed by atoms with Gasteiger partial charge in [-0.25, -0.2) is 9.37 Å². The Labute approximate surface area is 143 Å². The number of para-hydroxylation sites is 1. The summed E-state index contributed by atoms with van der Waals surface area (Å²) in [7, 11) is 0. The number of anilines is 1. The Kier molecular flexibility index (Phi) is 5.18. The van der Waals surface area contributed by atoms with E-state index < -0.39 is 0 Å². The van der Waals surface area contributed by atoms with Crippen molar-refractivity contribution < 1.29 is 9.13 Å². The van der Waals surface area contributed by atoms with Gasteiger partial charge < -0.3 is 4.74 Å². The number of hydrazone groups is 1. The molecule has 0 fully saturated rings. The van der Waals surface area contributed by atoms with E-state index in [-0.39, 0.29) is 12.4 Å². The van der Waals surface area contributed by atoms with Crippen LogP contribution in [0.3, 0.4) is 0 Å². The molecule has 0 atom stereocenters. The second-order valence-corrected chi connectivity index (χ2v) is 5.94. The molecule has 1 heterocycles. The number of hydrogen-bond donors (Lipinski definition) is 1. The number of thiazole rings is 1. The lowest BCUT2D eigenvalue weighted by Gasteiger charge is -2.09. The fourth-order valence-electron chi connectivity index (χ4n) is 2.05. The molecule has 0 spiro atoms. The van der Waals surface area contributed by atoms with Crippen LogP contribution in [0.2, 0.25) is 0 Å². The summed E-state index contributed by atoms with van der Waals surface area (Å²) < 4.78 is 19.4. The second kappa shape index (κ2) is 7.70. The van der Waals surface area contributed by atoms with Crippen molar-refractivity contribution in [3.8, 4) is 5.75 Å². The maximum absolute atomic E-state index is 13.7. The SMILES string of the molecule is Cc1csc(NN=Cc2ccccc2OCc2ccccc2F)n1. The number of hydrogen-bond acceptors (Lipinski definition) is 5. The number of nitrogens with one attached hydrogen (secondary N) is 1. The Morgan fingerprint density at radius 2 is 2.00 bits per heavy atom. The first-order chi connectivity index (χ1) is 11.7. The van der Waals surface area contributed by atoms with Crippen LogP contribution < -0.4 is 10.2 Å². The van der Waals surface area contributed by atoms with E-state index >= 15 is 0 Å². The standard InChI is InChI=1S/C18H16FN3OS/c1-13-12-24-18(21-13)22-20-10-14-6-3-5-9-17(14)23-11-15-7-2-4-8-16(15)19/h2-10,12H,11H2,1H3,(H,21,22). The molecule has 4 nitrogen and oxygen atoms in total. The average molecular weight is 341 g/mol. The second-order valence-electron chi connectivity index (χ2n) is 5.08. The van der Waals surface area contributed by atoms with Crippen LogP contribution in [0.25, 0.3) is 0 Å². The monoisotopic (exact) mass is 341 g/mol. The molecule has 122 valence electrons. The van der Waals surface area contributed by atoms with Gasteiger partial charge in [0.05, 0.1) is 11.9 Å². The molecule has 0 aliphatic rings. The van der Waals surface area contributed by atoms with E-state index in [1.165, 1.54) is 17.4 Å². The van der Waals surface area contributed by atoms with Gasteiger partial charge in [0.15, 0.2) is 0 Å². The summed E-state index contributed by atoms with van der Waals surface area (Å²) in [6.07, 6.45) is 1.66. The number of aromatic nitrogens is 1. The van der Waals surface area contributed by atoms with Crippen molar-refractivity contribution in [1.82, 2.24) is 4.98 Å². The van der Waals surface area contributed by atoms with Crippen LogP contribution in [0.1, 0.15) is 16.8 Å². The molecule has 1 N–H and O–H groups in total. The van der Waals surface area contributed by atoms with Crippen molar-refractivity contribution in [2.75, 3.05) is 5.43 Å². The zero-order valence-corrected chi connectivity index (χ0v) is 13.9. The summed E-state index contributed by atoms with van der Waals surface area (Å²) in [5.41, 5.74) is 5.15. The van der Waals surface area contributed by atoms with Crippen molar-refractivity contribution in [3.05, 3.63) is 76.5 Å². The molecule has 0 radical (unpaired) electrons. The van der Waals surface area contributed by atoms with E-state index in [0.29, 0.717) is 11.3 Å². The Hall–Kier alpha value is -2.73. The van der Waals surface area contributed by atoms with E-state index in [0.717, 1.165) is 16.4 Å². The summed E-state index contributed by atoms with van der Waals surface area (Å²) in [6, 6.07) is 14.0. The highest BCUT2D eigenvalue weighted by Gasteiger charge is 2.04. The molecular weight excluding hydrogens is 325 g/mol. The molecular formula is C18H16FN3OS. The van der Waals surface area contributed by atoms with E-state index in [9.17, 15) is 4.39 Å². The third-order valence-electron chi connectivity index (χ3n) is 3.24. The van der Waals surface area contributed by atoms with Crippen LogP contribution in [0, 0.1) is 12.7 Å². The van der Waals surface area contributed by atoms with Gasteiger partial charge in [0.2, 0.25) is 5.13 Å².